The lowest BCUT2D eigenvalue weighted by atomic mass is 9.82. The van der Waals surface area contributed by atoms with Gasteiger partial charge >= 0.3 is 0 Å². The summed E-state index contributed by atoms with van der Waals surface area (Å²) in [7, 11) is 0. The number of hydrogen-bond donors (Lipinski definition) is 2. The summed E-state index contributed by atoms with van der Waals surface area (Å²) in [6.45, 7) is 8.27. The van der Waals surface area contributed by atoms with E-state index in [0.717, 1.165) is 17.5 Å². The normalized spacial score (nSPS) is 13.1. The second kappa shape index (κ2) is 5.55. The minimum atomic E-state index is -0.135. The molecule has 0 bridgehead atoms. The van der Waals surface area contributed by atoms with Crippen LogP contribution >= 0.6 is 12.4 Å². The van der Waals surface area contributed by atoms with E-state index in [4.69, 9.17) is 5.73 Å². The summed E-state index contributed by atoms with van der Waals surface area (Å²) >= 11 is 0. The molecule has 0 aliphatic heterocycles. The molecule has 0 amide bonds. The molecule has 0 spiro atoms. The molecule has 2 nitrogen and oxygen atoms in total. The Labute approximate surface area is 104 Å². The van der Waals surface area contributed by atoms with E-state index in [9.17, 15) is 5.11 Å². The molecule has 0 fully saturated rings. The van der Waals surface area contributed by atoms with Gasteiger partial charge in [-0.05, 0) is 17.4 Å². The predicted molar refractivity (Wildman–Crippen MR) is 71.1 cm³/mol. The number of para-hydroxylation sites is 1. The fourth-order valence-corrected chi connectivity index (χ4v) is 1.61. The summed E-state index contributed by atoms with van der Waals surface area (Å²) in [5, 5.41) is 10.0. The quantitative estimate of drug-likeness (QED) is 0.836. The van der Waals surface area contributed by atoms with Crippen LogP contribution in [0.3, 0.4) is 0 Å². The molecule has 0 aliphatic carbocycles. The van der Waals surface area contributed by atoms with E-state index >= 15 is 0 Å². The Kier molecular flexibility index (Phi) is 5.30. The lowest BCUT2D eigenvalue weighted by Crippen LogP contribution is -2.26. The van der Waals surface area contributed by atoms with Gasteiger partial charge in [0.2, 0.25) is 0 Å². The number of aromatic hydroxyl groups is 1. The Morgan fingerprint density at radius 3 is 2.31 bits per heavy atom. The molecular formula is C13H22ClNO. The first-order chi connectivity index (χ1) is 6.88. The zero-order valence-corrected chi connectivity index (χ0v) is 11.3. The maximum Gasteiger partial charge on any atom is 0.123 e. The van der Waals surface area contributed by atoms with Crippen molar-refractivity contribution in [1.29, 1.82) is 0 Å². The number of aryl methyl sites for hydroxylation is 1. The first-order valence-electron chi connectivity index (χ1n) is 5.44. The highest BCUT2D eigenvalue weighted by Crippen LogP contribution is 2.36. The molecule has 0 unspecified atom stereocenters. The zero-order valence-electron chi connectivity index (χ0n) is 10.4. The van der Waals surface area contributed by atoms with Crippen molar-refractivity contribution in [1.82, 2.24) is 0 Å². The van der Waals surface area contributed by atoms with Crippen LogP contribution in [0.25, 0.3) is 0 Å². The third-order valence-electron chi connectivity index (χ3n) is 2.80. The van der Waals surface area contributed by atoms with Crippen molar-refractivity contribution in [3.05, 3.63) is 29.3 Å². The van der Waals surface area contributed by atoms with Crippen LogP contribution in [0.2, 0.25) is 0 Å². The van der Waals surface area contributed by atoms with E-state index in [2.05, 4.69) is 20.8 Å². The molecule has 0 aliphatic rings. The Bertz CT molecular complexity index is 344. The minimum Gasteiger partial charge on any atom is -0.507 e. The van der Waals surface area contributed by atoms with Gasteiger partial charge in [-0.2, -0.15) is 0 Å². The van der Waals surface area contributed by atoms with Crippen molar-refractivity contribution in [3.8, 4) is 5.75 Å². The summed E-state index contributed by atoms with van der Waals surface area (Å²) < 4.78 is 0. The number of halogens is 1. The average molecular weight is 244 g/mol. The van der Waals surface area contributed by atoms with Crippen LogP contribution in [0.15, 0.2) is 18.2 Å². The smallest absolute Gasteiger partial charge is 0.123 e. The third kappa shape index (κ3) is 3.13. The summed E-state index contributed by atoms with van der Waals surface area (Å²) in [4.78, 5) is 0. The topological polar surface area (TPSA) is 46.2 Å². The number of hydrogen-bond acceptors (Lipinski definition) is 2. The molecule has 16 heavy (non-hydrogen) atoms. The van der Waals surface area contributed by atoms with Gasteiger partial charge < -0.3 is 10.8 Å². The van der Waals surface area contributed by atoms with Crippen molar-refractivity contribution < 1.29 is 5.11 Å². The summed E-state index contributed by atoms with van der Waals surface area (Å²) in [6, 6.07) is 5.67. The van der Waals surface area contributed by atoms with E-state index in [0.29, 0.717) is 5.75 Å². The standard InChI is InChI=1S/C13H21NO.ClH/c1-5-9-7-6-8-10(11(9)15)12(14)13(2,3)4;/h6-8,12,15H,5,14H2,1-4H3;1H/t12-;/m0./s1. The zero-order chi connectivity index (χ0) is 11.6. The highest BCUT2D eigenvalue weighted by Gasteiger charge is 2.25. The lowest BCUT2D eigenvalue weighted by Gasteiger charge is -2.28. The summed E-state index contributed by atoms with van der Waals surface area (Å²) in [5.74, 6) is 0.363. The Balaban J connectivity index is 0.00000225. The van der Waals surface area contributed by atoms with E-state index in [-0.39, 0.29) is 23.9 Å². The second-order valence-electron chi connectivity index (χ2n) is 5.05. The first kappa shape index (κ1) is 15.3. The molecule has 1 aromatic rings. The van der Waals surface area contributed by atoms with Gasteiger partial charge in [-0.25, -0.2) is 0 Å². The van der Waals surface area contributed by atoms with E-state index < -0.39 is 0 Å². The van der Waals surface area contributed by atoms with Crippen LogP contribution in [0.1, 0.15) is 44.9 Å². The number of benzene rings is 1. The molecule has 0 saturated carbocycles. The van der Waals surface area contributed by atoms with E-state index in [1.54, 1.807) is 0 Å². The number of rotatable bonds is 2. The van der Waals surface area contributed by atoms with E-state index in [1.165, 1.54) is 0 Å². The van der Waals surface area contributed by atoms with Gasteiger partial charge in [-0.3, -0.25) is 0 Å². The van der Waals surface area contributed by atoms with Gasteiger partial charge in [0.15, 0.2) is 0 Å². The molecule has 92 valence electrons. The molecule has 3 heteroatoms. The van der Waals surface area contributed by atoms with Crippen LogP contribution in [0.5, 0.6) is 5.75 Å². The van der Waals surface area contributed by atoms with Crippen molar-refractivity contribution in [2.45, 2.75) is 40.2 Å². The van der Waals surface area contributed by atoms with Gasteiger partial charge in [0.05, 0.1) is 0 Å². The molecule has 1 rings (SSSR count). The SMILES string of the molecule is CCc1cccc([C@H](N)C(C)(C)C)c1O.Cl. The van der Waals surface area contributed by atoms with Crippen LogP contribution in [0.4, 0.5) is 0 Å². The fraction of sp³-hybridized carbons (Fsp3) is 0.538. The van der Waals surface area contributed by atoms with Crippen molar-refractivity contribution in [2.24, 2.45) is 11.1 Å². The van der Waals surface area contributed by atoms with Gasteiger partial charge in [-0.1, -0.05) is 45.9 Å². The average Bonchev–Trinajstić information content (AvgIpc) is 2.16. The Morgan fingerprint density at radius 1 is 1.31 bits per heavy atom. The molecule has 0 heterocycles. The van der Waals surface area contributed by atoms with Crippen molar-refractivity contribution in [2.75, 3.05) is 0 Å². The van der Waals surface area contributed by atoms with Crippen LogP contribution < -0.4 is 5.73 Å². The Hall–Kier alpha value is -0.730. The van der Waals surface area contributed by atoms with Gasteiger partial charge in [0.1, 0.15) is 5.75 Å². The molecule has 0 saturated heterocycles. The van der Waals surface area contributed by atoms with Crippen LogP contribution in [-0.4, -0.2) is 5.11 Å². The van der Waals surface area contributed by atoms with Gasteiger partial charge in [0.25, 0.3) is 0 Å². The van der Waals surface area contributed by atoms with Crippen LogP contribution in [0, 0.1) is 5.41 Å². The number of nitrogens with two attached hydrogens (primary N) is 1. The first-order valence-corrected chi connectivity index (χ1v) is 5.44. The van der Waals surface area contributed by atoms with Gasteiger partial charge in [0, 0.05) is 11.6 Å². The van der Waals surface area contributed by atoms with Crippen molar-refractivity contribution in [3.63, 3.8) is 0 Å². The van der Waals surface area contributed by atoms with Crippen LogP contribution in [-0.2, 0) is 6.42 Å². The molecule has 3 N–H and O–H groups in total. The van der Waals surface area contributed by atoms with E-state index in [1.807, 2.05) is 25.1 Å². The van der Waals surface area contributed by atoms with Gasteiger partial charge in [-0.15, -0.1) is 12.4 Å². The maximum absolute atomic E-state index is 10.0. The molecule has 0 radical (unpaired) electrons. The summed E-state index contributed by atoms with van der Waals surface area (Å²) in [6.07, 6.45) is 0.830. The summed E-state index contributed by atoms with van der Waals surface area (Å²) in [5.41, 5.74) is 7.91. The second-order valence-corrected chi connectivity index (χ2v) is 5.05. The lowest BCUT2D eigenvalue weighted by molar-refractivity contribution is 0.317. The number of phenols is 1. The predicted octanol–water partition coefficient (Wildman–Crippen LogP) is 3.42. The third-order valence-corrected chi connectivity index (χ3v) is 2.80. The highest BCUT2D eigenvalue weighted by molar-refractivity contribution is 5.85. The Morgan fingerprint density at radius 2 is 1.88 bits per heavy atom. The van der Waals surface area contributed by atoms with Crippen molar-refractivity contribution >= 4 is 12.4 Å². The largest absolute Gasteiger partial charge is 0.507 e. The maximum atomic E-state index is 10.0. The molecule has 1 aromatic carbocycles. The number of phenolic OH excluding ortho intramolecular Hbond substituents is 1. The molecular weight excluding hydrogens is 222 g/mol. The minimum absolute atomic E-state index is 0. The molecule has 0 aromatic heterocycles. The monoisotopic (exact) mass is 243 g/mol. The fourth-order valence-electron chi connectivity index (χ4n) is 1.61. The molecule has 1 atom stereocenters. The highest BCUT2D eigenvalue weighted by atomic mass is 35.5.